The molecule has 1 aliphatic heterocycles. The Labute approximate surface area is 249 Å². The van der Waals surface area contributed by atoms with Crippen LogP contribution in [0.1, 0.15) is 38.7 Å². The second kappa shape index (κ2) is 12.6. The Kier molecular flexibility index (Phi) is 8.85. The Bertz CT molecular complexity index is 1690. The van der Waals surface area contributed by atoms with Gasteiger partial charge >= 0.3 is 0 Å². The van der Waals surface area contributed by atoms with Gasteiger partial charge in [0.1, 0.15) is 29.6 Å². The number of aromatic nitrogens is 4. The first kappa shape index (κ1) is 29.6. The Morgan fingerprint density at radius 1 is 1.14 bits per heavy atom. The van der Waals surface area contributed by atoms with Gasteiger partial charge in [0.2, 0.25) is 21.8 Å². The molecule has 1 saturated heterocycles. The molecule has 4 aromatic rings. The van der Waals surface area contributed by atoms with Crippen LogP contribution in [-0.4, -0.2) is 63.5 Å². The fraction of sp³-hybridized carbons (Fsp3) is 0.345. The van der Waals surface area contributed by atoms with Crippen molar-refractivity contribution in [1.29, 1.82) is 0 Å². The van der Waals surface area contributed by atoms with Gasteiger partial charge in [-0.2, -0.15) is 9.82 Å². The van der Waals surface area contributed by atoms with Gasteiger partial charge in [-0.15, -0.1) is 0 Å². The number of rotatable bonds is 10. The number of benzene rings is 2. The number of hydrogen-bond donors (Lipinski definition) is 2. The zero-order valence-electron chi connectivity index (χ0n) is 23.3. The fourth-order valence-electron chi connectivity index (χ4n) is 5.27. The first-order valence-corrected chi connectivity index (χ1v) is 15.6. The van der Waals surface area contributed by atoms with Gasteiger partial charge in [0, 0.05) is 29.7 Å². The van der Waals surface area contributed by atoms with Crippen LogP contribution < -0.4 is 10.0 Å². The Morgan fingerprint density at radius 3 is 2.71 bits per heavy atom. The van der Waals surface area contributed by atoms with E-state index in [1.54, 1.807) is 53.5 Å². The monoisotopic (exact) mass is 609 g/mol. The molecule has 1 fully saturated rings. The molecule has 1 aliphatic rings. The number of nitrogens with zero attached hydrogens (tertiary/aromatic N) is 5. The largest absolute Gasteiger partial charge is 0.350 e. The number of nitrogens with one attached hydrogen (secondary N) is 2. The molecular weight excluding hydrogens is 578 g/mol. The number of sulfonamides is 1. The van der Waals surface area contributed by atoms with E-state index in [0.29, 0.717) is 41.0 Å². The Balaban J connectivity index is 1.33. The van der Waals surface area contributed by atoms with Crippen LogP contribution in [0, 0.1) is 5.92 Å². The van der Waals surface area contributed by atoms with E-state index < -0.39 is 28.0 Å². The Hall–Kier alpha value is -3.87. The van der Waals surface area contributed by atoms with Crippen LogP contribution in [0.5, 0.6) is 0 Å². The molecule has 2 atom stereocenters. The number of amides is 2. The van der Waals surface area contributed by atoms with Crippen molar-refractivity contribution in [1.82, 2.24) is 34.7 Å². The first-order valence-electron chi connectivity index (χ1n) is 13.7. The molecule has 0 spiro atoms. The smallest absolute Gasteiger partial charge is 0.243 e. The Morgan fingerprint density at radius 2 is 1.95 bits per heavy atom. The standard InChI is InChI=1S/C29H32ClN7O4S/c1-19(2)14-23(35-42(40,41)26-9-3-6-20-7-4-12-32-27(20)26)29(39)36-13-5-8-25(36)28(38)33-16-21-15-22(30)10-11-24(21)37-18-31-17-34-37/h3-4,6-7,9-12,15,17-19,23,25,35H,5,8,13-14,16H2,1-2H3,(H,33,38)/t23-,25-/m0/s1. The molecule has 5 rings (SSSR count). The summed E-state index contributed by atoms with van der Waals surface area (Å²) in [7, 11) is -4.11. The van der Waals surface area contributed by atoms with E-state index in [-0.39, 0.29) is 29.7 Å². The molecule has 2 aromatic heterocycles. The average Bonchev–Trinajstić information content (AvgIpc) is 3.68. The molecular formula is C29H32ClN7O4S. The van der Waals surface area contributed by atoms with Crippen LogP contribution in [0.4, 0.5) is 0 Å². The lowest BCUT2D eigenvalue weighted by Crippen LogP contribution is -2.53. The second-order valence-corrected chi connectivity index (χ2v) is 12.8. The van der Waals surface area contributed by atoms with Gasteiger partial charge in [0.15, 0.2) is 0 Å². The summed E-state index contributed by atoms with van der Waals surface area (Å²) in [6, 6.07) is 11.9. The quantitative estimate of drug-likeness (QED) is 0.281. The van der Waals surface area contributed by atoms with Crippen molar-refractivity contribution in [3.8, 4) is 5.69 Å². The highest BCUT2D eigenvalue weighted by Gasteiger charge is 2.39. The van der Waals surface area contributed by atoms with E-state index in [9.17, 15) is 18.0 Å². The normalized spacial score (nSPS) is 16.2. The molecule has 0 saturated carbocycles. The third-order valence-electron chi connectivity index (χ3n) is 7.19. The average molecular weight is 610 g/mol. The number of halogens is 1. The minimum Gasteiger partial charge on any atom is -0.350 e. The fourth-order valence-corrected chi connectivity index (χ4v) is 6.85. The molecule has 2 amide bonds. The summed E-state index contributed by atoms with van der Waals surface area (Å²) in [6.45, 7) is 4.34. The van der Waals surface area contributed by atoms with Crippen molar-refractivity contribution in [2.24, 2.45) is 5.92 Å². The SMILES string of the molecule is CC(C)C[C@H](NS(=O)(=O)c1cccc2cccnc12)C(=O)N1CCC[C@H]1C(=O)NCc1cc(Cl)ccc1-n1cncn1. The van der Waals surface area contributed by atoms with Crippen molar-refractivity contribution >= 4 is 44.3 Å². The number of carbonyl (C=O) groups is 2. The summed E-state index contributed by atoms with van der Waals surface area (Å²) >= 11 is 6.22. The van der Waals surface area contributed by atoms with Crippen molar-refractivity contribution in [2.45, 2.75) is 56.6 Å². The van der Waals surface area contributed by atoms with Gasteiger partial charge in [0.05, 0.1) is 11.2 Å². The summed E-state index contributed by atoms with van der Waals surface area (Å²) in [5.74, 6) is -0.737. The minimum atomic E-state index is -4.11. The number of fused-ring (bicyclic) bond motifs is 1. The van der Waals surface area contributed by atoms with Crippen LogP contribution in [0.15, 0.2) is 72.3 Å². The summed E-state index contributed by atoms with van der Waals surface area (Å²) in [5, 5.41) is 8.28. The lowest BCUT2D eigenvalue weighted by molar-refractivity contribution is -0.140. The van der Waals surface area contributed by atoms with Gasteiger partial charge in [-0.3, -0.25) is 14.6 Å². The molecule has 3 heterocycles. The predicted octanol–water partition coefficient (Wildman–Crippen LogP) is 3.47. The van der Waals surface area contributed by atoms with Gasteiger partial charge in [-0.25, -0.2) is 18.1 Å². The molecule has 0 bridgehead atoms. The van der Waals surface area contributed by atoms with Crippen LogP contribution in [0.3, 0.4) is 0 Å². The maximum Gasteiger partial charge on any atom is 0.243 e. The van der Waals surface area contributed by atoms with Crippen LogP contribution in [-0.2, 0) is 26.2 Å². The highest BCUT2D eigenvalue weighted by molar-refractivity contribution is 7.89. The van der Waals surface area contributed by atoms with E-state index in [1.165, 1.54) is 23.5 Å². The molecule has 11 nitrogen and oxygen atoms in total. The van der Waals surface area contributed by atoms with Crippen molar-refractivity contribution < 1.29 is 18.0 Å². The van der Waals surface area contributed by atoms with Crippen LogP contribution in [0.2, 0.25) is 5.02 Å². The van der Waals surface area contributed by atoms with Crippen molar-refractivity contribution in [3.63, 3.8) is 0 Å². The van der Waals surface area contributed by atoms with E-state index >= 15 is 0 Å². The highest BCUT2D eigenvalue weighted by Crippen LogP contribution is 2.25. The number of hydrogen-bond acceptors (Lipinski definition) is 7. The maximum atomic E-state index is 13.9. The maximum absolute atomic E-state index is 13.9. The van der Waals surface area contributed by atoms with Gasteiger partial charge < -0.3 is 10.2 Å². The lowest BCUT2D eigenvalue weighted by atomic mass is 10.0. The molecule has 0 radical (unpaired) electrons. The first-order chi connectivity index (χ1) is 20.1. The zero-order chi connectivity index (χ0) is 29.9. The summed E-state index contributed by atoms with van der Waals surface area (Å²) < 4.78 is 31.3. The van der Waals surface area contributed by atoms with Gasteiger partial charge in [-0.1, -0.05) is 43.6 Å². The molecule has 220 valence electrons. The van der Waals surface area contributed by atoms with Crippen molar-refractivity contribution in [2.75, 3.05) is 6.54 Å². The van der Waals surface area contributed by atoms with Crippen LogP contribution >= 0.6 is 11.6 Å². The molecule has 0 aliphatic carbocycles. The predicted molar refractivity (Wildman–Crippen MR) is 158 cm³/mol. The summed E-state index contributed by atoms with van der Waals surface area (Å²) in [5.41, 5.74) is 1.77. The third-order valence-corrected chi connectivity index (χ3v) is 8.92. The number of pyridine rings is 1. The van der Waals surface area contributed by atoms with E-state index in [4.69, 9.17) is 11.6 Å². The highest BCUT2D eigenvalue weighted by atomic mass is 35.5. The molecule has 0 unspecified atom stereocenters. The lowest BCUT2D eigenvalue weighted by Gasteiger charge is -2.29. The summed E-state index contributed by atoms with van der Waals surface area (Å²) in [4.78, 5) is 37.0. The molecule has 2 aromatic carbocycles. The van der Waals surface area contributed by atoms with Crippen LogP contribution in [0.25, 0.3) is 16.6 Å². The number of likely N-dealkylation sites (tertiary alicyclic amines) is 1. The molecule has 13 heteroatoms. The number of carbonyl (C=O) groups excluding carboxylic acids is 2. The van der Waals surface area contributed by atoms with E-state index in [1.807, 2.05) is 13.8 Å². The van der Waals surface area contributed by atoms with E-state index in [0.717, 1.165) is 5.56 Å². The minimum absolute atomic E-state index is 0.00239. The van der Waals surface area contributed by atoms with Gasteiger partial charge in [-0.05, 0) is 61.1 Å². The zero-order valence-corrected chi connectivity index (χ0v) is 24.8. The summed E-state index contributed by atoms with van der Waals surface area (Å²) in [6.07, 6.45) is 5.86. The second-order valence-electron chi connectivity index (χ2n) is 10.7. The molecule has 2 N–H and O–H groups in total. The number of para-hydroxylation sites is 1. The van der Waals surface area contributed by atoms with Crippen molar-refractivity contribution in [3.05, 3.63) is 78.0 Å². The topological polar surface area (TPSA) is 139 Å². The molecule has 42 heavy (non-hydrogen) atoms. The third kappa shape index (κ3) is 6.45. The van der Waals surface area contributed by atoms with Gasteiger partial charge in [0.25, 0.3) is 0 Å². The van der Waals surface area contributed by atoms with E-state index in [2.05, 4.69) is 25.1 Å².